The summed E-state index contributed by atoms with van der Waals surface area (Å²) in [5.41, 5.74) is 3.59. The number of likely N-dealkylation sites (tertiary alicyclic amines) is 1. The van der Waals surface area contributed by atoms with Crippen LogP contribution in [0.5, 0.6) is 0 Å². The fourth-order valence-corrected chi connectivity index (χ4v) is 4.18. The third-order valence-corrected chi connectivity index (χ3v) is 5.67. The zero-order chi connectivity index (χ0) is 18.8. The number of carbonyl (C=O) groups excluding carboxylic acids is 1. The lowest BCUT2D eigenvalue weighted by Gasteiger charge is -2.19. The Morgan fingerprint density at radius 2 is 1.70 bits per heavy atom. The van der Waals surface area contributed by atoms with E-state index in [0.29, 0.717) is 19.5 Å². The molecule has 1 aromatic heterocycles. The van der Waals surface area contributed by atoms with Gasteiger partial charge in [0.15, 0.2) is 0 Å². The maximum atomic E-state index is 12.7. The molecule has 0 saturated carbocycles. The number of pyridine rings is 1. The van der Waals surface area contributed by atoms with Crippen molar-refractivity contribution in [2.24, 2.45) is 5.92 Å². The molecule has 4 rings (SSSR count). The third kappa shape index (κ3) is 3.71. The fraction of sp³-hybridized carbons (Fsp3) is 0.381. The molecular formula is C21H23N3O3. The lowest BCUT2D eigenvalue weighted by atomic mass is 9.90. The molecule has 2 atom stereocenters. The molecule has 2 aromatic rings. The van der Waals surface area contributed by atoms with Crippen LogP contribution in [-0.2, 0) is 22.7 Å². The second-order valence-corrected chi connectivity index (χ2v) is 7.36. The standard InChI is InChI=1S/C21H23N3O3/c25-20(7-10-23-11-16-3-1-2-4-17(16)12-23)24-13-18(19(14-24)21(26)27)15-5-8-22-9-6-15/h1-6,8-9,18-19H,7,10-14H2,(H,26,27)/t18-,19+/m0/s1. The van der Waals surface area contributed by atoms with Gasteiger partial charge >= 0.3 is 5.97 Å². The average Bonchev–Trinajstić information content (AvgIpc) is 3.31. The number of aromatic nitrogens is 1. The predicted octanol–water partition coefficient (Wildman–Crippen LogP) is 2.11. The molecule has 6 heteroatoms. The summed E-state index contributed by atoms with van der Waals surface area (Å²) in [6.07, 6.45) is 3.76. The lowest BCUT2D eigenvalue weighted by molar-refractivity contribution is -0.141. The first kappa shape index (κ1) is 17.7. The van der Waals surface area contributed by atoms with Crippen molar-refractivity contribution in [1.82, 2.24) is 14.8 Å². The smallest absolute Gasteiger partial charge is 0.308 e. The van der Waals surface area contributed by atoms with Gasteiger partial charge in [0.25, 0.3) is 0 Å². The Bertz CT molecular complexity index is 815. The summed E-state index contributed by atoms with van der Waals surface area (Å²) in [5, 5.41) is 9.59. The fourth-order valence-electron chi connectivity index (χ4n) is 4.18. The molecule has 0 bridgehead atoms. The molecule has 1 fully saturated rings. The van der Waals surface area contributed by atoms with Gasteiger partial charge < -0.3 is 10.0 Å². The van der Waals surface area contributed by atoms with Gasteiger partial charge in [-0.15, -0.1) is 0 Å². The van der Waals surface area contributed by atoms with Gasteiger partial charge in [-0.05, 0) is 28.8 Å². The average molecular weight is 365 g/mol. The number of carboxylic acids is 1. The molecule has 6 nitrogen and oxygen atoms in total. The zero-order valence-electron chi connectivity index (χ0n) is 15.1. The van der Waals surface area contributed by atoms with Crippen LogP contribution < -0.4 is 0 Å². The van der Waals surface area contributed by atoms with Crippen molar-refractivity contribution in [2.75, 3.05) is 19.6 Å². The van der Waals surface area contributed by atoms with Gasteiger partial charge in [-0.1, -0.05) is 24.3 Å². The largest absolute Gasteiger partial charge is 0.481 e. The van der Waals surface area contributed by atoms with Crippen LogP contribution in [0, 0.1) is 5.92 Å². The third-order valence-electron chi connectivity index (χ3n) is 5.67. The van der Waals surface area contributed by atoms with Crippen molar-refractivity contribution in [3.05, 3.63) is 65.5 Å². The molecule has 1 amide bonds. The van der Waals surface area contributed by atoms with Gasteiger partial charge in [0.05, 0.1) is 5.92 Å². The van der Waals surface area contributed by atoms with E-state index in [4.69, 9.17) is 0 Å². The van der Waals surface area contributed by atoms with E-state index >= 15 is 0 Å². The van der Waals surface area contributed by atoms with E-state index in [0.717, 1.165) is 18.7 Å². The molecule has 27 heavy (non-hydrogen) atoms. The van der Waals surface area contributed by atoms with Gasteiger partial charge in [-0.3, -0.25) is 19.5 Å². The number of carbonyl (C=O) groups is 2. The summed E-state index contributed by atoms with van der Waals surface area (Å²) >= 11 is 0. The number of hydrogen-bond donors (Lipinski definition) is 1. The Balaban J connectivity index is 1.36. The van der Waals surface area contributed by atoms with Crippen LogP contribution in [-0.4, -0.2) is 51.4 Å². The van der Waals surface area contributed by atoms with Gasteiger partial charge in [0, 0.05) is 57.5 Å². The highest BCUT2D eigenvalue weighted by Crippen LogP contribution is 2.33. The van der Waals surface area contributed by atoms with E-state index in [1.807, 2.05) is 24.3 Å². The van der Waals surface area contributed by atoms with Crippen LogP contribution in [0.2, 0.25) is 0 Å². The minimum absolute atomic E-state index is 0.0359. The first-order valence-corrected chi connectivity index (χ1v) is 9.31. The first-order chi connectivity index (χ1) is 13.1. The van der Waals surface area contributed by atoms with E-state index in [-0.39, 0.29) is 18.4 Å². The van der Waals surface area contributed by atoms with Gasteiger partial charge in [0.1, 0.15) is 0 Å². The van der Waals surface area contributed by atoms with Crippen molar-refractivity contribution in [3.63, 3.8) is 0 Å². The second-order valence-electron chi connectivity index (χ2n) is 7.36. The number of hydrogen-bond acceptors (Lipinski definition) is 4. The number of nitrogens with zero attached hydrogens (tertiary/aromatic N) is 3. The SMILES string of the molecule is O=C(O)[C@@H]1CN(C(=O)CCN2Cc3ccccc3C2)C[C@H]1c1ccncc1. The van der Waals surface area contributed by atoms with Gasteiger partial charge in [-0.25, -0.2) is 0 Å². The Labute approximate surface area is 158 Å². The monoisotopic (exact) mass is 365 g/mol. The molecule has 0 unspecified atom stereocenters. The number of rotatable bonds is 5. The Hall–Kier alpha value is -2.73. The summed E-state index contributed by atoms with van der Waals surface area (Å²) in [7, 11) is 0. The van der Waals surface area contributed by atoms with Crippen molar-refractivity contribution >= 4 is 11.9 Å². The number of benzene rings is 1. The Morgan fingerprint density at radius 3 is 2.33 bits per heavy atom. The molecule has 2 aliphatic rings. The van der Waals surface area contributed by atoms with Crippen LogP contribution in [0.4, 0.5) is 0 Å². The van der Waals surface area contributed by atoms with E-state index in [2.05, 4.69) is 22.0 Å². The van der Waals surface area contributed by atoms with Crippen LogP contribution in [0.15, 0.2) is 48.8 Å². The topological polar surface area (TPSA) is 73.7 Å². The minimum atomic E-state index is -0.845. The Morgan fingerprint density at radius 1 is 1.04 bits per heavy atom. The first-order valence-electron chi connectivity index (χ1n) is 9.31. The van der Waals surface area contributed by atoms with Gasteiger partial charge in [0.2, 0.25) is 5.91 Å². The summed E-state index contributed by atoms with van der Waals surface area (Å²) < 4.78 is 0. The zero-order valence-corrected chi connectivity index (χ0v) is 15.1. The van der Waals surface area contributed by atoms with Crippen LogP contribution in [0.25, 0.3) is 0 Å². The highest BCUT2D eigenvalue weighted by Gasteiger charge is 2.40. The normalized spacial score (nSPS) is 22.0. The number of aliphatic carboxylic acids is 1. The van der Waals surface area contributed by atoms with E-state index in [1.54, 1.807) is 17.3 Å². The molecular weight excluding hydrogens is 342 g/mol. The molecule has 1 aromatic carbocycles. The molecule has 1 N–H and O–H groups in total. The van der Waals surface area contributed by atoms with Crippen LogP contribution in [0.3, 0.4) is 0 Å². The molecule has 3 heterocycles. The van der Waals surface area contributed by atoms with Crippen molar-refractivity contribution in [3.8, 4) is 0 Å². The van der Waals surface area contributed by atoms with Gasteiger partial charge in [-0.2, -0.15) is 0 Å². The van der Waals surface area contributed by atoms with E-state index < -0.39 is 11.9 Å². The second kappa shape index (κ2) is 7.48. The van der Waals surface area contributed by atoms with E-state index in [9.17, 15) is 14.7 Å². The molecule has 0 radical (unpaired) electrons. The van der Waals surface area contributed by atoms with E-state index in [1.165, 1.54) is 11.1 Å². The highest BCUT2D eigenvalue weighted by atomic mass is 16.4. The van der Waals surface area contributed by atoms with Crippen molar-refractivity contribution in [1.29, 1.82) is 0 Å². The summed E-state index contributed by atoms with van der Waals surface area (Å²) in [6.45, 7) is 3.19. The number of carboxylic acid groups (broad SMARTS) is 1. The lowest BCUT2D eigenvalue weighted by Crippen LogP contribution is -2.32. The molecule has 1 saturated heterocycles. The summed E-state index contributed by atoms with van der Waals surface area (Å²) in [6, 6.07) is 12.0. The summed E-state index contributed by atoms with van der Waals surface area (Å²) in [4.78, 5) is 32.4. The Kier molecular flexibility index (Phi) is 4.90. The maximum Gasteiger partial charge on any atom is 0.308 e. The van der Waals surface area contributed by atoms with Crippen molar-refractivity contribution < 1.29 is 14.7 Å². The minimum Gasteiger partial charge on any atom is -0.481 e. The van der Waals surface area contributed by atoms with Crippen LogP contribution >= 0.6 is 0 Å². The predicted molar refractivity (Wildman–Crippen MR) is 99.9 cm³/mol. The summed E-state index contributed by atoms with van der Waals surface area (Å²) in [5.74, 6) is -1.55. The molecule has 0 aliphatic carbocycles. The number of fused-ring (bicyclic) bond motifs is 1. The molecule has 0 spiro atoms. The molecule has 2 aliphatic heterocycles. The maximum absolute atomic E-state index is 12.7. The number of amides is 1. The molecule has 140 valence electrons. The van der Waals surface area contributed by atoms with Crippen LogP contribution in [0.1, 0.15) is 29.0 Å². The quantitative estimate of drug-likeness (QED) is 0.879. The van der Waals surface area contributed by atoms with Crippen molar-refractivity contribution in [2.45, 2.75) is 25.4 Å². The highest BCUT2D eigenvalue weighted by molar-refractivity contribution is 5.79.